The fourth-order valence-corrected chi connectivity index (χ4v) is 4.69. The van der Waals surface area contributed by atoms with E-state index >= 15 is 0 Å². The molecule has 1 aromatic rings. The lowest BCUT2D eigenvalue weighted by molar-refractivity contribution is -0.124. The van der Waals surface area contributed by atoms with Crippen LogP contribution in [-0.4, -0.2) is 35.4 Å². The van der Waals surface area contributed by atoms with Gasteiger partial charge in [0.05, 0.1) is 19.1 Å². The highest BCUT2D eigenvalue weighted by Crippen LogP contribution is 2.39. The van der Waals surface area contributed by atoms with E-state index in [2.05, 4.69) is 0 Å². The summed E-state index contributed by atoms with van der Waals surface area (Å²) in [7, 11) is 3.20. The first kappa shape index (κ1) is 17.3. The Bertz CT molecular complexity index is 681. The number of rotatable bonds is 4. The van der Waals surface area contributed by atoms with Gasteiger partial charge in [-0.1, -0.05) is 55.4 Å². The predicted octanol–water partition coefficient (Wildman–Crippen LogP) is 4.24. The molecular formula is C18H21NO3S2. The molecule has 2 aliphatic rings. The van der Waals surface area contributed by atoms with Gasteiger partial charge < -0.3 is 9.47 Å². The van der Waals surface area contributed by atoms with Crippen LogP contribution in [0.25, 0.3) is 6.08 Å². The maximum Gasteiger partial charge on any atom is 0.266 e. The van der Waals surface area contributed by atoms with Gasteiger partial charge in [0.1, 0.15) is 4.32 Å². The summed E-state index contributed by atoms with van der Waals surface area (Å²) in [6.45, 7) is 0. The standard InChI is InChI=1S/C18H21NO3S2/c1-21-14-10-6-7-12(16(14)22-2)11-15-17(20)19(18(23)24-15)13-8-4-3-5-9-13/h6-7,10-11,13H,3-5,8-9H2,1-2H3. The summed E-state index contributed by atoms with van der Waals surface area (Å²) < 4.78 is 11.4. The first-order chi connectivity index (χ1) is 11.7. The average molecular weight is 364 g/mol. The van der Waals surface area contributed by atoms with Gasteiger partial charge in [0, 0.05) is 11.6 Å². The van der Waals surface area contributed by atoms with E-state index in [1.54, 1.807) is 14.2 Å². The molecule has 1 aliphatic heterocycles. The molecule has 1 saturated carbocycles. The summed E-state index contributed by atoms with van der Waals surface area (Å²) >= 11 is 6.85. The smallest absolute Gasteiger partial charge is 0.266 e. The summed E-state index contributed by atoms with van der Waals surface area (Å²) in [6, 6.07) is 5.89. The third-order valence-corrected chi connectivity index (χ3v) is 5.81. The van der Waals surface area contributed by atoms with Crippen LogP contribution >= 0.6 is 24.0 Å². The lowest BCUT2D eigenvalue weighted by Crippen LogP contribution is -2.39. The number of hydrogen-bond donors (Lipinski definition) is 0. The summed E-state index contributed by atoms with van der Waals surface area (Å²) in [5.41, 5.74) is 0.820. The van der Waals surface area contributed by atoms with Crippen molar-refractivity contribution in [3.8, 4) is 11.5 Å². The van der Waals surface area contributed by atoms with Gasteiger partial charge >= 0.3 is 0 Å². The predicted molar refractivity (Wildman–Crippen MR) is 101 cm³/mol. The zero-order valence-corrected chi connectivity index (χ0v) is 15.5. The molecule has 0 atom stereocenters. The molecule has 1 amide bonds. The molecule has 4 nitrogen and oxygen atoms in total. The largest absolute Gasteiger partial charge is 0.493 e. The van der Waals surface area contributed by atoms with Crippen LogP contribution in [0.5, 0.6) is 11.5 Å². The minimum Gasteiger partial charge on any atom is -0.493 e. The quantitative estimate of drug-likeness (QED) is 0.591. The van der Waals surface area contributed by atoms with Crippen molar-refractivity contribution in [2.24, 2.45) is 0 Å². The Labute approximate surface area is 152 Å². The molecule has 0 aromatic heterocycles. The van der Waals surface area contributed by atoms with Crippen molar-refractivity contribution in [1.82, 2.24) is 4.90 Å². The lowest BCUT2D eigenvalue weighted by atomic mass is 9.94. The molecule has 1 heterocycles. The molecule has 0 bridgehead atoms. The average Bonchev–Trinajstić information content (AvgIpc) is 2.89. The molecule has 2 fully saturated rings. The van der Waals surface area contributed by atoms with Crippen LogP contribution in [0.3, 0.4) is 0 Å². The Morgan fingerprint density at radius 1 is 1.21 bits per heavy atom. The zero-order valence-electron chi connectivity index (χ0n) is 13.9. The molecule has 24 heavy (non-hydrogen) atoms. The first-order valence-corrected chi connectivity index (χ1v) is 9.36. The van der Waals surface area contributed by atoms with Crippen molar-refractivity contribution < 1.29 is 14.3 Å². The third kappa shape index (κ3) is 3.30. The van der Waals surface area contributed by atoms with Crippen LogP contribution in [0.1, 0.15) is 37.7 Å². The van der Waals surface area contributed by atoms with Gasteiger partial charge in [0.15, 0.2) is 11.5 Å². The van der Waals surface area contributed by atoms with E-state index in [0.717, 1.165) is 18.4 Å². The van der Waals surface area contributed by atoms with Crippen molar-refractivity contribution in [2.75, 3.05) is 14.2 Å². The number of ether oxygens (including phenoxy) is 2. The number of amides is 1. The Balaban J connectivity index is 1.89. The molecule has 3 rings (SSSR count). The number of para-hydroxylation sites is 1. The van der Waals surface area contributed by atoms with Gasteiger partial charge in [-0.05, 0) is 25.0 Å². The zero-order chi connectivity index (χ0) is 17.1. The van der Waals surface area contributed by atoms with Crippen molar-refractivity contribution in [1.29, 1.82) is 0 Å². The number of hydrogen-bond acceptors (Lipinski definition) is 5. The number of methoxy groups -OCH3 is 2. The summed E-state index contributed by atoms with van der Waals surface area (Å²) in [5.74, 6) is 1.29. The first-order valence-electron chi connectivity index (χ1n) is 8.13. The second-order valence-corrected chi connectivity index (χ2v) is 7.60. The normalized spacial score (nSPS) is 20.8. The second kappa shape index (κ2) is 7.57. The van der Waals surface area contributed by atoms with Crippen molar-refractivity contribution in [3.05, 3.63) is 28.7 Å². The number of carbonyl (C=O) groups excluding carboxylic acids is 1. The Morgan fingerprint density at radius 2 is 1.96 bits per heavy atom. The minimum atomic E-state index is 0.0155. The van der Waals surface area contributed by atoms with Crippen molar-refractivity contribution >= 4 is 40.3 Å². The van der Waals surface area contributed by atoms with E-state index in [0.29, 0.717) is 20.7 Å². The van der Waals surface area contributed by atoms with E-state index in [1.165, 1.54) is 31.0 Å². The van der Waals surface area contributed by atoms with E-state index in [4.69, 9.17) is 21.7 Å². The maximum absolute atomic E-state index is 12.9. The van der Waals surface area contributed by atoms with Crippen LogP contribution in [-0.2, 0) is 4.79 Å². The highest BCUT2D eigenvalue weighted by molar-refractivity contribution is 8.26. The molecule has 0 N–H and O–H groups in total. The number of nitrogens with zero attached hydrogens (tertiary/aromatic N) is 1. The van der Waals surface area contributed by atoms with Crippen LogP contribution < -0.4 is 9.47 Å². The van der Waals surface area contributed by atoms with E-state index < -0.39 is 0 Å². The molecule has 1 aliphatic carbocycles. The molecule has 1 aromatic carbocycles. The highest BCUT2D eigenvalue weighted by atomic mass is 32.2. The number of thiocarbonyl (C=S) groups is 1. The van der Waals surface area contributed by atoms with Crippen LogP contribution in [0.2, 0.25) is 0 Å². The van der Waals surface area contributed by atoms with Crippen molar-refractivity contribution in [2.45, 2.75) is 38.1 Å². The molecule has 1 saturated heterocycles. The summed E-state index contributed by atoms with van der Waals surface area (Å²) in [4.78, 5) is 15.3. The Hall–Kier alpha value is -1.53. The monoisotopic (exact) mass is 363 g/mol. The number of carbonyl (C=O) groups is 1. The van der Waals surface area contributed by atoms with Crippen LogP contribution in [0, 0.1) is 0 Å². The SMILES string of the molecule is COc1cccc(C=C2SC(=S)N(C3CCCCC3)C2=O)c1OC. The Morgan fingerprint density at radius 3 is 2.62 bits per heavy atom. The second-order valence-electron chi connectivity index (χ2n) is 5.93. The lowest BCUT2D eigenvalue weighted by Gasteiger charge is -2.29. The van der Waals surface area contributed by atoms with Gasteiger partial charge in [-0.15, -0.1) is 0 Å². The molecule has 0 radical (unpaired) electrons. The molecule has 6 heteroatoms. The topological polar surface area (TPSA) is 38.8 Å². The van der Waals surface area contributed by atoms with E-state index in [-0.39, 0.29) is 11.9 Å². The summed E-state index contributed by atoms with van der Waals surface area (Å²) in [6.07, 6.45) is 7.53. The number of benzene rings is 1. The van der Waals surface area contributed by atoms with E-state index in [9.17, 15) is 4.79 Å². The number of thioether (sulfide) groups is 1. The fourth-order valence-electron chi connectivity index (χ4n) is 3.30. The van der Waals surface area contributed by atoms with Gasteiger partial charge in [0.25, 0.3) is 5.91 Å². The maximum atomic E-state index is 12.9. The minimum absolute atomic E-state index is 0.0155. The van der Waals surface area contributed by atoms with Gasteiger partial charge in [-0.2, -0.15) is 0 Å². The summed E-state index contributed by atoms with van der Waals surface area (Å²) in [5, 5.41) is 0. The third-order valence-electron chi connectivity index (χ3n) is 4.48. The van der Waals surface area contributed by atoms with Gasteiger partial charge in [0.2, 0.25) is 0 Å². The molecule has 128 valence electrons. The molecular weight excluding hydrogens is 342 g/mol. The van der Waals surface area contributed by atoms with Gasteiger partial charge in [-0.25, -0.2) is 0 Å². The van der Waals surface area contributed by atoms with Gasteiger partial charge in [-0.3, -0.25) is 9.69 Å². The Kier molecular flexibility index (Phi) is 5.46. The highest BCUT2D eigenvalue weighted by Gasteiger charge is 2.37. The van der Waals surface area contributed by atoms with E-state index in [1.807, 2.05) is 29.2 Å². The van der Waals surface area contributed by atoms with Crippen LogP contribution in [0.15, 0.2) is 23.1 Å². The molecule has 0 unspecified atom stereocenters. The van der Waals surface area contributed by atoms with Crippen molar-refractivity contribution in [3.63, 3.8) is 0 Å². The fraction of sp³-hybridized carbons (Fsp3) is 0.444. The molecule has 0 spiro atoms. The van der Waals surface area contributed by atoms with Crippen LogP contribution in [0.4, 0.5) is 0 Å².